The van der Waals surface area contributed by atoms with Crippen molar-refractivity contribution in [1.29, 1.82) is 0 Å². The summed E-state index contributed by atoms with van der Waals surface area (Å²) in [4.78, 5) is 11.0. The summed E-state index contributed by atoms with van der Waals surface area (Å²) in [6.45, 7) is 2.23. The molecule has 0 bridgehead atoms. The lowest BCUT2D eigenvalue weighted by atomic mass is 10.0. The number of hydrogen-bond acceptors (Lipinski definition) is 2. The van der Waals surface area contributed by atoms with Gasteiger partial charge in [-0.3, -0.25) is 4.79 Å². The van der Waals surface area contributed by atoms with Crippen LogP contribution < -0.4 is 0 Å². The van der Waals surface area contributed by atoms with Crippen molar-refractivity contribution in [1.82, 2.24) is 0 Å². The smallest absolute Gasteiger partial charge is 0.305 e. The van der Waals surface area contributed by atoms with E-state index in [0.29, 0.717) is 6.42 Å². The van der Waals surface area contributed by atoms with Crippen molar-refractivity contribution in [2.24, 2.45) is 0 Å². The van der Waals surface area contributed by atoms with Gasteiger partial charge in [0, 0.05) is 6.42 Å². The summed E-state index contributed by atoms with van der Waals surface area (Å²) in [7, 11) is 1.44. The Morgan fingerprint density at radius 3 is 2.06 bits per heavy atom. The van der Waals surface area contributed by atoms with E-state index >= 15 is 0 Å². The zero-order valence-corrected chi connectivity index (χ0v) is 11.6. The first-order chi connectivity index (χ1) is 8.76. The average Bonchev–Trinajstić information content (AvgIpc) is 2.40. The lowest BCUT2D eigenvalue weighted by molar-refractivity contribution is -0.140. The molecule has 0 atom stereocenters. The fourth-order valence-corrected chi connectivity index (χ4v) is 1.99. The van der Waals surface area contributed by atoms with Gasteiger partial charge in [0.15, 0.2) is 0 Å². The minimum Gasteiger partial charge on any atom is -0.469 e. The molecule has 0 spiro atoms. The molecular weight excluding hydrogens is 224 g/mol. The van der Waals surface area contributed by atoms with Gasteiger partial charge in [0.1, 0.15) is 0 Å². The number of carbonyl (C=O) groups excluding carboxylic acids is 1. The number of aryl methyl sites for hydroxylation is 2. The first-order valence-corrected chi connectivity index (χ1v) is 6.91. The predicted octanol–water partition coefficient (Wildman–Crippen LogP) is 3.92. The minimum atomic E-state index is -0.119. The second kappa shape index (κ2) is 8.73. The van der Waals surface area contributed by atoms with Crippen molar-refractivity contribution < 1.29 is 9.53 Å². The molecule has 0 saturated carbocycles. The molecule has 0 aliphatic carbocycles. The van der Waals surface area contributed by atoms with Crippen LogP contribution in [-0.4, -0.2) is 13.1 Å². The molecule has 1 aromatic rings. The highest BCUT2D eigenvalue weighted by atomic mass is 16.5. The SMILES string of the molecule is CCCCCc1ccc(CCCC(=O)OC)cc1. The lowest BCUT2D eigenvalue weighted by Gasteiger charge is -2.04. The number of unbranched alkanes of at least 4 members (excludes halogenated alkanes) is 2. The van der Waals surface area contributed by atoms with Gasteiger partial charge < -0.3 is 4.74 Å². The van der Waals surface area contributed by atoms with Crippen molar-refractivity contribution in [2.75, 3.05) is 7.11 Å². The second-order valence-corrected chi connectivity index (χ2v) is 4.70. The highest BCUT2D eigenvalue weighted by Gasteiger charge is 2.00. The molecule has 0 N–H and O–H groups in total. The van der Waals surface area contributed by atoms with E-state index in [-0.39, 0.29) is 5.97 Å². The standard InChI is InChI=1S/C16H24O2/c1-3-4-5-7-14-10-12-15(13-11-14)8-6-9-16(17)18-2/h10-13H,3-9H2,1-2H3. The number of rotatable bonds is 8. The third kappa shape index (κ3) is 5.85. The Morgan fingerprint density at radius 2 is 1.56 bits per heavy atom. The van der Waals surface area contributed by atoms with Crippen LogP contribution in [0, 0.1) is 0 Å². The maximum absolute atomic E-state index is 11.0. The largest absolute Gasteiger partial charge is 0.469 e. The Balaban J connectivity index is 2.29. The third-order valence-corrected chi connectivity index (χ3v) is 3.17. The number of benzene rings is 1. The van der Waals surface area contributed by atoms with Gasteiger partial charge in [0.25, 0.3) is 0 Å². The average molecular weight is 248 g/mol. The summed E-state index contributed by atoms with van der Waals surface area (Å²) >= 11 is 0. The van der Waals surface area contributed by atoms with Crippen LogP contribution in [0.5, 0.6) is 0 Å². The van der Waals surface area contributed by atoms with E-state index < -0.39 is 0 Å². The maximum atomic E-state index is 11.0. The van der Waals surface area contributed by atoms with Gasteiger partial charge in [-0.25, -0.2) is 0 Å². The molecule has 0 unspecified atom stereocenters. The van der Waals surface area contributed by atoms with E-state index in [4.69, 9.17) is 0 Å². The molecule has 100 valence electrons. The number of methoxy groups -OCH3 is 1. The molecule has 0 fully saturated rings. The van der Waals surface area contributed by atoms with E-state index in [1.807, 2.05) is 0 Å². The molecule has 0 amide bonds. The molecule has 0 heterocycles. The maximum Gasteiger partial charge on any atom is 0.305 e. The lowest BCUT2D eigenvalue weighted by Crippen LogP contribution is -2.00. The van der Waals surface area contributed by atoms with E-state index in [0.717, 1.165) is 12.8 Å². The zero-order valence-electron chi connectivity index (χ0n) is 11.6. The second-order valence-electron chi connectivity index (χ2n) is 4.70. The summed E-state index contributed by atoms with van der Waals surface area (Å²) < 4.78 is 4.62. The predicted molar refractivity (Wildman–Crippen MR) is 74.6 cm³/mol. The first kappa shape index (κ1) is 14.7. The van der Waals surface area contributed by atoms with Crippen molar-refractivity contribution in [3.63, 3.8) is 0 Å². The monoisotopic (exact) mass is 248 g/mol. The van der Waals surface area contributed by atoms with Crippen LogP contribution in [0.1, 0.15) is 50.2 Å². The number of hydrogen-bond donors (Lipinski definition) is 0. The fraction of sp³-hybridized carbons (Fsp3) is 0.562. The first-order valence-electron chi connectivity index (χ1n) is 6.91. The van der Waals surface area contributed by atoms with Crippen molar-refractivity contribution in [3.8, 4) is 0 Å². The molecule has 0 radical (unpaired) electrons. The zero-order chi connectivity index (χ0) is 13.2. The topological polar surface area (TPSA) is 26.3 Å². The fourth-order valence-electron chi connectivity index (χ4n) is 1.99. The molecular formula is C16H24O2. The van der Waals surface area contributed by atoms with Gasteiger partial charge in [0.05, 0.1) is 7.11 Å². The van der Waals surface area contributed by atoms with Crippen LogP contribution in [0.15, 0.2) is 24.3 Å². The number of carbonyl (C=O) groups is 1. The molecule has 0 aliphatic heterocycles. The Morgan fingerprint density at radius 1 is 1.00 bits per heavy atom. The van der Waals surface area contributed by atoms with Crippen molar-refractivity contribution >= 4 is 5.97 Å². The molecule has 0 aromatic heterocycles. The summed E-state index contributed by atoms with van der Waals surface area (Å²) in [5, 5.41) is 0. The van der Waals surface area contributed by atoms with Gasteiger partial charge in [-0.05, 0) is 36.8 Å². The van der Waals surface area contributed by atoms with E-state index in [9.17, 15) is 4.79 Å². The van der Waals surface area contributed by atoms with Crippen LogP contribution in [-0.2, 0) is 22.4 Å². The molecule has 18 heavy (non-hydrogen) atoms. The quantitative estimate of drug-likeness (QED) is 0.515. The van der Waals surface area contributed by atoms with Gasteiger partial charge in [-0.2, -0.15) is 0 Å². The van der Waals surface area contributed by atoms with E-state index in [2.05, 4.69) is 35.9 Å². The molecule has 2 heteroatoms. The summed E-state index contributed by atoms with van der Waals surface area (Å²) in [6.07, 6.45) is 7.35. The highest BCUT2D eigenvalue weighted by molar-refractivity contribution is 5.69. The van der Waals surface area contributed by atoms with Crippen molar-refractivity contribution in [2.45, 2.75) is 51.9 Å². The van der Waals surface area contributed by atoms with Crippen LogP contribution in [0.25, 0.3) is 0 Å². The third-order valence-electron chi connectivity index (χ3n) is 3.17. The highest BCUT2D eigenvalue weighted by Crippen LogP contribution is 2.11. The Kier molecular flexibility index (Phi) is 7.16. The number of esters is 1. The van der Waals surface area contributed by atoms with Gasteiger partial charge in [-0.15, -0.1) is 0 Å². The molecule has 1 aromatic carbocycles. The van der Waals surface area contributed by atoms with Crippen LogP contribution in [0.2, 0.25) is 0 Å². The molecule has 0 aliphatic rings. The van der Waals surface area contributed by atoms with Crippen molar-refractivity contribution in [3.05, 3.63) is 35.4 Å². The van der Waals surface area contributed by atoms with Gasteiger partial charge in [0.2, 0.25) is 0 Å². The van der Waals surface area contributed by atoms with E-state index in [1.165, 1.54) is 43.9 Å². The Bertz CT molecular complexity index is 341. The Hall–Kier alpha value is -1.31. The van der Waals surface area contributed by atoms with Gasteiger partial charge in [-0.1, -0.05) is 44.0 Å². The van der Waals surface area contributed by atoms with Gasteiger partial charge >= 0.3 is 5.97 Å². The molecule has 0 saturated heterocycles. The Labute approximate surface area is 110 Å². The normalized spacial score (nSPS) is 10.3. The van der Waals surface area contributed by atoms with Crippen LogP contribution >= 0.6 is 0 Å². The number of ether oxygens (including phenoxy) is 1. The van der Waals surface area contributed by atoms with E-state index in [1.54, 1.807) is 0 Å². The minimum absolute atomic E-state index is 0.119. The van der Waals surface area contributed by atoms with Crippen LogP contribution in [0.3, 0.4) is 0 Å². The molecule has 1 rings (SSSR count). The summed E-state index contributed by atoms with van der Waals surface area (Å²) in [5.41, 5.74) is 2.72. The summed E-state index contributed by atoms with van der Waals surface area (Å²) in [6, 6.07) is 8.78. The molecule has 2 nitrogen and oxygen atoms in total. The summed E-state index contributed by atoms with van der Waals surface area (Å²) in [5.74, 6) is -0.119. The van der Waals surface area contributed by atoms with Crippen LogP contribution in [0.4, 0.5) is 0 Å².